The van der Waals surface area contributed by atoms with Crippen LogP contribution < -0.4 is 22.5 Å². The number of nitrogens with one attached hydrogen (secondary N) is 2. The fourth-order valence-electron chi connectivity index (χ4n) is 0.191. The zero-order chi connectivity index (χ0) is 6.57. The summed E-state index contributed by atoms with van der Waals surface area (Å²) in [6.07, 6.45) is -1.07. The fourth-order valence-corrected chi connectivity index (χ4v) is 0.191. The molecule has 0 radical (unpaired) electrons. The maximum atomic E-state index is 9.88. The van der Waals surface area contributed by atoms with Crippen LogP contribution in [0.1, 0.15) is 0 Å². The summed E-state index contributed by atoms with van der Waals surface area (Å²) < 4.78 is 0. The second-order valence-corrected chi connectivity index (χ2v) is 1.10. The van der Waals surface area contributed by atoms with Crippen LogP contribution in [0, 0.1) is 0 Å². The maximum Gasteiger partial charge on any atom is 0.338 e. The summed E-state index contributed by atoms with van der Waals surface area (Å²) in [4.78, 5) is 9.88. The van der Waals surface area contributed by atoms with E-state index in [0.29, 0.717) is 0 Å². The van der Waals surface area contributed by atoms with Gasteiger partial charge in [0.2, 0.25) is 0 Å². The van der Waals surface area contributed by atoms with Gasteiger partial charge in [-0.3, -0.25) is 11.7 Å². The molecule has 8 heavy (non-hydrogen) atoms. The monoisotopic (exact) mass is 120 g/mol. The minimum Gasteiger partial charge on any atom is -0.479 e. The van der Waals surface area contributed by atoms with Crippen LogP contribution in [0.4, 0.5) is 0 Å². The van der Waals surface area contributed by atoms with Crippen molar-refractivity contribution in [2.45, 2.75) is 6.17 Å². The molecule has 48 valence electrons. The first-order valence-electron chi connectivity index (χ1n) is 1.87. The molecule has 7 N–H and O–H groups in total. The van der Waals surface area contributed by atoms with Crippen LogP contribution in [-0.4, -0.2) is 17.2 Å². The van der Waals surface area contributed by atoms with Crippen LogP contribution >= 0.6 is 0 Å². The molecule has 0 aliphatic carbocycles. The van der Waals surface area contributed by atoms with Crippen molar-refractivity contribution in [3.63, 3.8) is 0 Å². The van der Waals surface area contributed by atoms with E-state index in [-0.39, 0.29) is 0 Å². The highest BCUT2D eigenvalue weighted by atomic mass is 16.4. The molecule has 0 aromatic rings. The van der Waals surface area contributed by atoms with Gasteiger partial charge in [-0.2, -0.15) is 0 Å². The third-order valence-electron chi connectivity index (χ3n) is 0.580. The van der Waals surface area contributed by atoms with Gasteiger partial charge in [-0.05, 0) is 0 Å². The smallest absolute Gasteiger partial charge is 0.338 e. The number of aliphatic carboxylic acids is 1. The third-order valence-corrected chi connectivity index (χ3v) is 0.580. The molecule has 0 saturated heterocycles. The van der Waals surface area contributed by atoms with E-state index in [1.807, 2.05) is 10.9 Å². The average molecular weight is 120 g/mol. The molecular weight excluding hydrogens is 112 g/mol. The molecule has 0 unspecified atom stereocenters. The van der Waals surface area contributed by atoms with Gasteiger partial charge in [0.25, 0.3) is 0 Å². The SMILES string of the molecule is NNC(NN)C(=O)O. The lowest BCUT2D eigenvalue weighted by Crippen LogP contribution is -2.54. The summed E-state index contributed by atoms with van der Waals surface area (Å²) >= 11 is 0. The summed E-state index contributed by atoms with van der Waals surface area (Å²) in [5.74, 6) is 8.28. The van der Waals surface area contributed by atoms with Crippen molar-refractivity contribution in [1.29, 1.82) is 0 Å². The second-order valence-electron chi connectivity index (χ2n) is 1.10. The molecule has 0 saturated carbocycles. The molecule has 6 nitrogen and oxygen atoms in total. The molecule has 6 heteroatoms. The lowest BCUT2D eigenvalue weighted by molar-refractivity contribution is -0.140. The highest BCUT2D eigenvalue weighted by Crippen LogP contribution is 1.67. The van der Waals surface area contributed by atoms with Crippen molar-refractivity contribution in [2.75, 3.05) is 0 Å². The topological polar surface area (TPSA) is 113 Å². The molecule has 0 atom stereocenters. The van der Waals surface area contributed by atoms with Crippen molar-refractivity contribution < 1.29 is 9.90 Å². The molecule has 0 aromatic carbocycles. The van der Waals surface area contributed by atoms with Gasteiger partial charge in [0.15, 0.2) is 6.17 Å². The van der Waals surface area contributed by atoms with Gasteiger partial charge in [-0.1, -0.05) is 0 Å². The molecular formula is C2H8N4O2. The standard InChI is InChI=1S/C2H8N4O2/c3-5-1(6-4)2(7)8/h1,5-6H,3-4H2,(H,7,8). The van der Waals surface area contributed by atoms with Crippen molar-refractivity contribution >= 4 is 5.97 Å². The molecule has 0 spiro atoms. The van der Waals surface area contributed by atoms with E-state index in [0.717, 1.165) is 0 Å². The number of carbonyl (C=O) groups is 1. The molecule has 0 bridgehead atoms. The van der Waals surface area contributed by atoms with Gasteiger partial charge >= 0.3 is 5.97 Å². The van der Waals surface area contributed by atoms with Crippen LogP contribution in [0.25, 0.3) is 0 Å². The van der Waals surface area contributed by atoms with Gasteiger partial charge in [0.1, 0.15) is 0 Å². The predicted molar refractivity (Wildman–Crippen MR) is 26.1 cm³/mol. The number of rotatable bonds is 3. The number of hydrogen-bond donors (Lipinski definition) is 5. The first-order chi connectivity index (χ1) is 3.72. The minimum absolute atomic E-state index is 1.07. The Hall–Kier alpha value is -0.690. The molecule has 0 heterocycles. The number of hydrazine groups is 2. The Morgan fingerprint density at radius 1 is 1.50 bits per heavy atom. The van der Waals surface area contributed by atoms with Crippen molar-refractivity contribution in [2.24, 2.45) is 11.7 Å². The van der Waals surface area contributed by atoms with Crippen LogP contribution in [0.2, 0.25) is 0 Å². The van der Waals surface area contributed by atoms with Crippen LogP contribution in [0.3, 0.4) is 0 Å². The zero-order valence-electron chi connectivity index (χ0n) is 4.09. The minimum atomic E-state index is -1.14. The maximum absolute atomic E-state index is 9.88. The van der Waals surface area contributed by atoms with E-state index < -0.39 is 12.1 Å². The Morgan fingerprint density at radius 2 is 1.88 bits per heavy atom. The third kappa shape index (κ3) is 1.85. The van der Waals surface area contributed by atoms with E-state index in [1.165, 1.54) is 0 Å². The lowest BCUT2D eigenvalue weighted by atomic mass is 10.5. The Balaban J connectivity index is 3.52. The largest absolute Gasteiger partial charge is 0.479 e. The summed E-state index contributed by atoms with van der Waals surface area (Å²) in [6, 6.07) is 0. The van der Waals surface area contributed by atoms with Crippen molar-refractivity contribution in [3.8, 4) is 0 Å². The average Bonchev–Trinajstić information content (AvgIpc) is 1.69. The number of carboxylic acid groups (broad SMARTS) is 1. The highest BCUT2D eigenvalue weighted by Gasteiger charge is 2.10. The van der Waals surface area contributed by atoms with E-state index in [1.54, 1.807) is 0 Å². The Labute approximate surface area is 45.8 Å². The molecule has 0 rings (SSSR count). The normalized spacial score (nSPS) is 9.88. The van der Waals surface area contributed by atoms with E-state index in [2.05, 4.69) is 0 Å². The first-order valence-corrected chi connectivity index (χ1v) is 1.87. The molecule has 0 aromatic heterocycles. The Kier molecular flexibility index (Phi) is 3.04. The summed E-state index contributed by atoms with van der Waals surface area (Å²) in [5, 5.41) is 8.09. The van der Waals surface area contributed by atoms with E-state index in [4.69, 9.17) is 16.8 Å². The molecule has 0 aliphatic rings. The second kappa shape index (κ2) is 3.33. The van der Waals surface area contributed by atoms with E-state index in [9.17, 15) is 4.79 Å². The number of nitrogens with two attached hydrogens (primary N) is 2. The number of carboxylic acids is 1. The van der Waals surface area contributed by atoms with Gasteiger partial charge < -0.3 is 5.11 Å². The molecule has 0 amide bonds. The quantitative estimate of drug-likeness (QED) is 0.158. The Bertz CT molecular complexity index is 80.1. The first kappa shape index (κ1) is 7.31. The molecule has 0 fully saturated rings. The summed E-state index contributed by atoms with van der Waals surface area (Å²) in [5.41, 5.74) is 3.83. The predicted octanol–water partition coefficient (Wildman–Crippen LogP) is -2.68. The van der Waals surface area contributed by atoms with Crippen LogP contribution in [0.15, 0.2) is 0 Å². The van der Waals surface area contributed by atoms with Gasteiger partial charge in [-0.15, -0.1) is 0 Å². The van der Waals surface area contributed by atoms with E-state index >= 15 is 0 Å². The van der Waals surface area contributed by atoms with Gasteiger partial charge in [0.05, 0.1) is 0 Å². The Morgan fingerprint density at radius 3 is 1.88 bits per heavy atom. The van der Waals surface area contributed by atoms with Gasteiger partial charge in [-0.25, -0.2) is 15.6 Å². The van der Waals surface area contributed by atoms with Gasteiger partial charge in [0, 0.05) is 0 Å². The van der Waals surface area contributed by atoms with Crippen LogP contribution in [-0.2, 0) is 4.79 Å². The zero-order valence-corrected chi connectivity index (χ0v) is 4.09. The summed E-state index contributed by atoms with van der Waals surface area (Å²) in [7, 11) is 0. The van der Waals surface area contributed by atoms with Crippen LogP contribution in [0.5, 0.6) is 0 Å². The fraction of sp³-hybridized carbons (Fsp3) is 0.500. The van der Waals surface area contributed by atoms with Crippen molar-refractivity contribution in [1.82, 2.24) is 10.9 Å². The lowest BCUT2D eigenvalue weighted by Gasteiger charge is -2.06. The highest BCUT2D eigenvalue weighted by molar-refractivity contribution is 5.72. The van der Waals surface area contributed by atoms with Crippen molar-refractivity contribution in [3.05, 3.63) is 0 Å². The number of hydrogen-bond acceptors (Lipinski definition) is 5. The molecule has 0 aliphatic heterocycles. The summed E-state index contributed by atoms with van der Waals surface area (Å²) in [6.45, 7) is 0.